The monoisotopic (exact) mass is 542 g/mol. The number of anilines is 1. The van der Waals surface area contributed by atoms with Crippen LogP contribution in [0.5, 0.6) is 5.75 Å². The van der Waals surface area contributed by atoms with Gasteiger partial charge < -0.3 is 24.8 Å². The summed E-state index contributed by atoms with van der Waals surface area (Å²) in [4.78, 5) is 1.47. The number of hydrogen-bond acceptors (Lipinski definition) is 5. The average Bonchev–Trinajstić information content (AvgIpc) is 3.11. The molecule has 4 rings (SSSR count). The van der Waals surface area contributed by atoms with Crippen molar-refractivity contribution in [3.63, 3.8) is 0 Å². The van der Waals surface area contributed by atoms with E-state index in [4.69, 9.17) is 4.74 Å². The van der Waals surface area contributed by atoms with E-state index in [2.05, 4.69) is 10.1 Å². The topological polar surface area (TPSA) is 54.0 Å². The fourth-order valence-corrected chi connectivity index (χ4v) is 5.02. The van der Waals surface area contributed by atoms with Crippen molar-refractivity contribution >= 4 is 5.69 Å². The summed E-state index contributed by atoms with van der Waals surface area (Å²) in [6.45, 7) is 3.08. The van der Waals surface area contributed by atoms with Crippen LogP contribution in [0.2, 0.25) is 0 Å². The number of rotatable bonds is 8. The largest absolute Gasteiger partial charge is 0.573 e. The minimum absolute atomic E-state index is 0.0500. The third-order valence-corrected chi connectivity index (χ3v) is 6.46. The summed E-state index contributed by atoms with van der Waals surface area (Å²) in [5.74, 6) is -0.392. The Morgan fingerprint density at radius 2 is 1.82 bits per heavy atom. The summed E-state index contributed by atoms with van der Waals surface area (Å²) in [5.41, 5.74) is 1.45. The quantitative estimate of drug-likeness (QED) is 0.426. The van der Waals surface area contributed by atoms with Crippen LogP contribution in [0, 0.1) is 0 Å². The molecule has 0 amide bonds. The maximum atomic E-state index is 13.3. The van der Waals surface area contributed by atoms with Gasteiger partial charge in [0, 0.05) is 17.6 Å². The van der Waals surface area contributed by atoms with Gasteiger partial charge in [-0.3, -0.25) is 0 Å². The number of nitrogens with one attached hydrogen (secondary N) is 1. The second-order valence-corrected chi connectivity index (χ2v) is 9.64. The molecule has 2 heterocycles. The number of fused-ring (bicyclic) bond motifs is 1. The van der Waals surface area contributed by atoms with Crippen LogP contribution in [0.25, 0.3) is 0 Å². The van der Waals surface area contributed by atoms with Crippen LogP contribution in [0.4, 0.5) is 32.0 Å². The molecular weight excluding hydrogens is 514 g/mol. The maximum Gasteiger partial charge on any atom is 0.573 e. The fraction of sp³-hybridized carbons (Fsp3) is 0.407. The molecule has 0 aliphatic carbocycles. The summed E-state index contributed by atoms with van der Waals surface area (Å²) < 4.78 is 88.5. The van der Waals surface area contributed by atoms with Crippen LogP contribution in [-0.4, -0.2) is 49.2 Å². The summed E-state index contributed by atoms with van der Waals surface area (Å²) >= 11 is 0. The van der Waals surface area contributed by atoms with Crippen molar-refractivity contribution < 1.29 is 40.9 Å². The number of benzene rings is 2. The third kappa shape index (κ3) is 6.27. The molecule has 5 nitrogen and oxygen atoms in total. The number of nitrogens with zero attached hydrogens (tertiary/aromatic N) is 1. The van der Waals surface area contributed by atoms with Crippen molar-refractivity contribution in [3.8, 4) is 5.75 Å². The van der Waals surface area contributed by atoms with Gasteiger partial charge in [0.2, 0.25) is 0 Å². The Hall–Kier alpha value is -3.18. The number of allylic oxidation sites excluding steroid dienone is 1. The van der Waals surface area contributed by atoms with E-state index in [9.17, 15) is 31.4 Å². The molecule has 0 saturated heterocycles. The van der Waals surface area contributed by atoms with E-state index >= 15 is 0 Å². The van der Waals surface area contributed by atoms with E-state index < -0.39 is 42.6 Å². The Kier molecular flexibility index (Phi) is 7.72. The number of aliphatic hydroxyl groups excluding tert-OH is 1. The molecule has 0 radical (unpaired) electrons. The number of halogens is 6. The molecule has 0 bridgehead atoms. The van der Waals surface area contributed by atoms with Gasteiger partial charge in [-0.1, -0.05) is 30.3 Å². The maximum absolute atomic E-state index is 13.3. The zero-order valence-electron chi connectivity index (χ0n) is 20.7. The number of hydrogen-bond donors (Lipinski definition) is 2. The van der Waals surface area contributed by atoms with E-state index in [0.29, 0.717) is 16.8 Å². The zero-order chi connectivity index (χ0) is 27.7. The van der Waals surface area contributed by atoms with Gasteiger partial charge in [0.05, 0.1) is 12.6 Å². The molecular formula is C27H28F6N2O3. The molecule has 2 aromatic rings. The molecule has 2 aliphatic heterocycles. The number of aliphatic hydroxyl groups is 1. The summed E-state index contributed by atoms with van der Waals surface area (Å²) in [6, 6.07) is 12.5. The molecule has 3 unspecified atom stereocenters. The summed E-state index contributed by atoms with van der Waals surface area (Å²) in [5, 5.41) is 13.0. The van der Waals surface area contributed by atoms with Crippen LogP contribution in [-0.2, 0) is 16.6 Å². The molecule has 206 valence electrons. The third-order valence-electron chi connectivity index (χ3n) is 6.46. The van der Waals surface area contributed by atoms with Crippen LogP contribution >= 0.6 is 0 Å². The van der Waals surface area contributed by atoms with Gasteiger partial charge >= 0.3 is 12.5 Å². The predicted octanol–water partition coefficient (Wildman–Crippen LogP) is 5.60. The zero-order valence-corrected chi connectivity index (χ0v) is 20.7. The molecule has 2 aliphatic rings. The first-order valence-corrected chi connectivity index (χ1v) is 12.0. The Bertz CT molecular complexity index is 1190. The molecule has 0 fully saturated rings. The lowest BCUT2D eigenvalue weighted by Gasteiger charge is -2.36. The molecule has 0 aromatic heterocycles. The van der Waals surface area contributed by atoms with Gasteiger partial charge in [0.1, 0.15) is 12.0 Å². The first-order valence-electron chi connectivity index (χ1n) is 12.0. The van der Waals surface area contributed by atoms with Crippen LogP contribution in [0.15, 0.2) is 72.5 Å². The standard InChI is InChI=1S/C27H28F6N2O3/c1-17(2)37-24-13-19(10-11-34-24)25(14-18-6-5-7-20(12-18)38-27(31,32)33)16-35(15-23(36)26(28,29)30)22-9-4-3-8-21(22)25/h3-13,17,23-24,34,36H,14-16H2,1-2H3. The Balaban J connectivity index is 1.80. The fourth-order valence-electron chi connectivity index (χ4n) is 5.02. The van der Waals surface area contributed by atoms with Gasteiger partial charge in [0.15, 0.2) is 6.10 Å². The second-order valence-electron chi connectivity index (χ2n) is 9.64. The van der Waals surface area contributed by atoms with Gasteiger partial charge in [-0.25, -0.2) is 0 Å². The molecule has 2 N–H and O–H groups in total. The molecule has 3 atom stereocenters. The first-order chi connectivity index (χ1) is 17.8. The van der Waals surface area contributed by atoms with Gasteiger partial charge in [-0.2, -0.15) is 13.2 Å². The van der Waals surface area contributed by atoms with Crippen LogP contribution < -0.4 is 15.0 Å². The van der Waals surface area contributed by atoms with Crippen LogP contribution in [0.3, 0.4) is 0 Å². The van der Waals surface area contributed by atoms with Crippen LogP contribution in [0.1, 0.15) is 25.0 Å². The van der Waals surface area contributed by atoms with E-state index in [0.717, 1.165) is 5.57 Å². The number of dihydropyridines is 1. The van der Waals surface area contributed by atoms with E-state index in [1.807, 2.05) is 19.9 Å². The Morgan fingerprint density at radius 3 is 2.50 bits per heavy atom. The SMILES string of the molecule is CC(C)OC1C=C(C2(Cc3cccc(OC(F)(F)F)c3)CN(CC(O)C(F)(F)F)c3ccccc32)C=CN1. The van der Waals surface area contributed by atoms with Crippen molar-refractivity contribution in [3.05, 3.63) is 83.6 Å². The molecule has 38 heavy (non-hydrogen) atoms. The normalized spacial score (nSPS) is 22.2. The highest BCUT2D eigenvalue weighted by atomic mass is 19.4. The minimum Gasteiger partial charge on any atom is -0.406 e. The molecule has 0 spiro atoms. The van der Waals surface area contributed by atoms with Crippen molar-refractivity contribution in [1.29, 1.82) is 0 Å². The van der Waals surface area contributed by atoms with Crippen molar-refractivity contribution in [2.45, 2.75) is 56.7 Å². The van der Waals surface area contributed by atoms with Gasteiger partial charge in [0.25, 0.3) is 0 Å². The van der Waals surface area contributed by atoms with E-state index in [1.165, 1.54) is 23.1 Å². The lowest BCUT2D eigenvalue weighted by atomic mass is 9.70. The summed E-state index contributed by atoms with van der Waals surface area (Å²) in [6.07, 6.45) is -7.45. The molecule has 11 heteroatoms. The van der Waals surface area contributed by atoms with Gasteiger partial charge in [-0.05, 0) is 73.5 Å². The molecule has 0 saturated carbocycles. The highest BCUT2D eigenvalue weighted by Gasteiger charge is 2.48. The number of alkyl halides is 6. The Labute approximate surface area is 216 Å². The van der Waals surface area contributed by atoms with E-state index in [-0.39, 0.29) is 19.1 Å². The predicted molar refractivity (Wildman–Crippen MR) is 130 cm³/mol. The second kappa shape index (κ2) is 10.5. The number of para-hydroxylation sites is 1. The summed E-state index contributed by atoms with van der Waals surface area (Å²) in [7, 11) is 0. The van der Waals surface area contributed by atoms with Crippen molar-refractivity contribution in [2.24, 2.45) is 0 Å². The Morgan fingerprint density at radius 1 is 1.08 bits per heavy atom. The minimum atomic E-state index is -4.87. The highest BCUT2D eigenvalue weighted by molar-refractivity contribution is 5.68. The lowest BCUT2D eigenvalue weighted by Crippen LogP contribution is -2.44. The first kappa shape index (κ1) is 27.8. The van der Waals surface area contributed by atoms with Crippen molar-refractivity contribution in [2.75, 3.05) is 18.0 Å². The highest BCUT2D eigenvalue weighted by Crippen LogP contribution is 2.49. The van der Waals surface area contributed by atoms with E-state index in [1.54, 1.807) is 42.6 Å². The van der Waals surface area contributed by atoms with Gasteiger partial charge in [-0.15, -0.1) is 13.2 Å². The number of ether oxygens (including phenoxy) is 2. The number of β-amino-alcohol motifs (C(OH)–C–C–N with tert-alkyl or cyclic N) is 1. The molecule has 2 aromatic carbocycles. The smallest absolute Gasteiger partial charge is 0.406 e. The average molecular weight is 543 g/mol. The lowest BCUT2D eigenvalue weighted by molar-refractivity contribution is -0.274. The van der Waals surface area contributed by atoms with Crippen molar-refractivity contribution in [1.82, 2.24) is 5.32 Å².